The number of aromatic nitrogens is 1. The molecule has 2 aromatic carbocycles. The van der Waals surface area contributed by atoms with Crippen molar-refractivity contribution in [2.45, 2.75) is 33.2 Å². The highest BCUT2D eigenvalue weighted by Crippen LogP contribution is 2.39. The van der Waals surface area contributed by atoms with Crippen molar-refractivity contribution in [3.8, 4) is 17.2 Å². The fraction of sp³-hybridized carbons (Fsp3) is 0.333. The Kier molecular flexibility index (Phi) is 7.59. The number of benzene rings is 2. The molecule has 1 heterocycles. The lowest BCUT2D eigenvalue weighted by Gasteiger charge is -2.18. The van der Waals surface area contributed by atoms with Crippen LogP contribution in [0.1, 0.15) is 36.7 Å². The Bertz CT molecular complexity index is 1060. The number of nitrogens with one attached hydrogen (secondary N) is 2. The summed E-state index contributed by atoms with van der Waals surface area (Å²) >= 11 is 0. The van der Waals surface area contributed by atoms with Gasteiger partial charge in [-0.25, -0.2) is 4.79 Å². The topological polar surface area (TPSA) is 110 Å². The molecule has 3 aromatic rings. The Balaban J connectivity index is 1.88. The Morgan fingerprint density at radius 2 is 1.62 bits per heavy atom. The van der Waals surface area contributed by atoms with Crippen LogP contribution in [0.2, 0.25) is 0 Å². The van der Waals surface area contributed by atoms with Gasteiger partial charge in [0.25, 0.3) is 5.91 Å². The molecule has 0 saturated heterocycles. The highest BCUT2D eigenvalue weighted by molar-refractivity contribution is 5.98. The quantitative estimate of drug-likeness (QED) is 0.419. The SMILES string of the molecule is CCOc1cc(C(=O)NC(Cc2c[nH]c3ccccc23)C(=O)O)cc(OCC)c1OCC. The molecule has 0 fully saturated rings. The molecule has 3 rings (SSSR count). The first-order valence-corrected chi connectivity index (χ1v) is 10.6. The molecule has 3 N–H and O–H groups in total. The van der Waals surface area contributed by atoms with E-state index in [2.05, 4.69) is 10.3 Å². The maximum absolute atomic E-state index is 13.0. The van der Waals surface area contributed by atoms with Gasteiger partial charge in [0.15, 0.2) is 11.5 Å². The largest absolute Gasteiger partial charge is 0.490 e. The third-order valence-corrected chi connectivity index (χ3v) is 4.87. The van der Waals surface area contributed by atoms with E-state index in [1.165, 1.54) is 12.1 Å². The van der Waals surface area contributed by atoms with Crippen LogP contribution in [-0.4, -0.2) is 47.8 Å². The number of ether oxygens (including phenoxy) is 3. The average molecular weight is 440 g/mol. The smallest absolute Gasteiger partial charge is 0.326 e. The Morgan fingerprint density at radius 1 is 1.00 bits per heavy atom. The van der Waals surface area contributed by atoms with Gasteiger partial charge in [-0.15, -0.1) is 0 Å². The van der Waals surface area contributed by atoms with Crippen molar-refractivity contribution >= 4 is 22.8 Å². The van der Waals surface area contributed by atoms with Crippen molar-refractivity contribution in [1.82, 2.24) is 10.3 Å². The highest BCUT2D eigenvalue weighted by Gasteiger charge is 2.24. The van der Waals surface area contributed by atoms with Gasteiger partial charge in [0.1, 0.15) is 6.04 Å². The van der Waals surface area contributed by atoms with Crippen LogP contribution in [-0.2, 0) is 11.2 Å². The number of rotatable bonds is 11. The fourth-order valence-electron chi connectivity index (χ4n) is 3.48. The van der Waals surface area contributed by atoms with Crippen LogP contribution in [0.15, 0.2) is 42.6 Å². The van der Waals surface area contributed by atoms with Gasteiger partial charge in [0, 0.05) is 29.1 Å². The van der Waals surface area contributed by atoms with Gasteiger partial charge in [-0.1, -0.05) is 18.2 Å². The van der Waals surface area contributed by atoms with E-state index in [0.717, 1.165) is 16.5 Å². The molecule has 1 atom stereocenters. The number of carbonyl (C=O) groups is 2. The van der Waals surface area contributed by atoms with Gasteiger partial charge in [0.2, 0.25) is 5.75 Å². The molecule has 0 aliphatic rings. The number of H-pyrrole nitrogens is 1. The van der Waals surface area contributed by atoms with Crippen molar-refractivity contribution in [1.29, 1.82) is 0 Å². The molecular weight excluding hydrogens is 412 g/mol. The van der Waals surface area contributed by atoms with Crippen LogP contribution in [0.5, 0.6) is 17.2 Å². The molecule has 0 saturated carbocycles. The lowest BCUT2D eigenvalue weighted by Crippen LogP contribution is -2.42. The monoisotopic (exact) mass is 440 g/mol. The molecule has 0 aliphatic heterocycles. The average Bonchev–Trinajstić information content (AvgIpc) is 3.18. The highest BCUT2D eigenvalue weighted by atomic mass is 16.5. The number of aliphatic carboxylic acids is 1. The Hall–Kier alpha value is -3.68. The van der Waals surface area contributed by atoms with E-state index in [1.807, 2.05) is 45.0 Å². The first kappa shape index (κ1) is 23.0. The van der Waals surface area contributed by atoms with Crippen molar-refractivity contribution < 1.29 is 28.9 Å². The normalized spacial score (nSPS) is 11.7. The number of fused-ring (bicyclic) bond motifs is 1. The van der Waals surface area contributed by atoms with Crippen molar-refractivity contribution in [2.24, 2.45) is 0 Å². The molecule has 0 aliphatic carbocycles. The van der Waals surface area contributed by atoms with Gasteiger partial charge in [-0.05, 0) is 44.5 Å². The van der Waals surface area contributed by atoms with Gasteiger partial charge in [-0.3, -0.25) is 4.79 Å². The van der Waals surface area contributed by atoms with Crippen molar-refractivity contribution in [2.75, 3.05) is 19.8 Å². The summed E-state index contributed by atoms with van der Waals surface area (Å²) in [4.78, 5) is 28.0. The molecule has 1 amide bonds. The van der Waals surface area contributed by atoms with E-state index in [1.54, 1.807) is 6.20 Å². The molecule has 0 bridgehead atoms. The molecule has 1 aromatic heterocycles. The minimum Gasteiger partial charge on any atom is -0.490 e. The number of carboxylic acids is 1. The van der Waals surface area contributed by atoms with E-state index in [9.17, 15) is 14.7 Å². The lowest BCUT2D eigenvalue weighted by molar-refractivity contribution is -0.139. The number of amides is 1. The van der Waals surface area contributed by atoms with E-state index in [-0.39, 0.29) is 12.0 Å². The summed E-state index contributed by atoms with van der Waals surface area (Å²) in [6.07, 6.45) is 1.91. The molecule has 1 unspecified atom stereocenters. The predicted octanol–water partition coefficient (Wildman–Crippen LogP) is 3.79. The summed E-state index contributed by atoms with van der Waals surface area (Å²) in [5.74, 6) is -0.504. The summed E-state index contributed by atoms with van der Waals surface area (Å²) in [5.41, 5.74) is 1.95. The minimum absolute atomic E-state index is 0.138. The van der Waals surface area contributed by atoms with Crippen LogP contribution >= 0.6 is 0 Å². The maximum atomic E-state index is 13.0. The van der Waals surface area contributed by atoms with E-state index >= 15 is 0 Å². The standard InChI is InChI=1S/C24H28N2O6/c1-4-30-20-12-15(13-21(31-5-2)22(20)32-6-3)23(27)26-19(24(28)29)11-16-14-25-18-10-8-7-9-17(16)18/h7-10,12-14,19,25H,4-6,11H2,1-3H3,(H,26,27)(H,28,29). The third-order valence-electron chi connectivity index (χ3n) is 4.87. The zero-order valence-electron chi connectivity index (χ0n) is 18.4. The summed E-state index contributed by atoms with van der Waals surface area (Å²) in [5, 5.41) is 13.3. The Morgan fingerprint density at radius 3 is 2.22 bits per heavy atom. The summed E-state index contributed by atoms with van der Waals surface area (Å²) in [6, 6.07) is 9.58. The molecule has 8 nitrogen and oxygen atoms in total. The van der Waals surface area contributed by atoms with E-state index < -0.39 is 17.9 Å². The van der Waals surface area contributed by atoms with Gasteiger partial charge >= 0.3 is 5.97 Å². The molecule has 170 valence electrons. The zero-order chi connectivity index (χ0) is 23.1. The van der Waals surface area contributed by atoms with Gasteiger partial charge in [-0.2, -0.15) is 0 Å². The molecule has 0 spiro atoms. The number of carboxylic acid groups (broad SMARTS) is 1. The Labute approximate surface area is 186 Å². The second-order valence-electron chi connectivity index (χ2n) is 7.03. The second kappa shape index (κ2) is 10.6. The minimum atomic E-state index is -1.12. The summed E-state index contributed by atoms with van der Waals surface area (Å²) < 4.78 is 17.0. The molecule has 8 heteroatoms. The van der Waals surface area contributed by atoms with Crippen LogP contribution in [0.4, 0.5) is 0 Å². The molecule has 32 heavy (non-hydrogen) atoms. The second-order valence-corrected chi connectivity index (χ2v) is 7.03. The molecule has 0 radical (unpaired) electrons. The zero-order valence-corrected chi connectivity index (χ0v) is 18.4. The number of hydrogen-bond donors (Lipinski definition) is 3. The molecular formula is C24H28N2O6. The summed E-state index contributed by atoms with van der Waals surface area (Å²) in [7, 11) is 0. The first-order chi connectivity index (χ1) is 15.5. The van der Waals surface area contributed by atoms with Crippen LogP contribution < -0.4 is 19.5 Å². The first-order valence-electron chi connectivity index (χ1n) is 10.6. The number of aromatic amines is 1. The third kappa shape index (κ3) is 5.14. The maximum Gasteiger partial charge on any atom is 0.326 e. The van der Waals surface area contributed by atoms with E-state index in [4.69, 9.17) is 14.2 Å². The van der Waals surface area contributed by atoms with Crippen molar-refractivity contribution in [3.05, 3.63) is 53.7 Å². The number of carbonyl (C=O) groups excluding carboxylic acids is 1. The van der Waals surface area contributed by atoms with Crippen LogP contribution in [0.3, 0.4) is 0 Å². The van der Waals surface area contributed by atoms with Crippen LogP contribution in [0.25, 0.3) is 10.9 Å². The van der Waals surface area contributed by atoms with Crippen molar-refractivity contribution in [3.63, 3.8) is 0 Å². The lowest BCUT2D eigenvalue weighted by atomic mass is 10.0. The number of para-hydroxylation sites is 1. The number of hydrogen-bond acceptors (Lipinski definition) is 5. The summed E-state index contributed by atoms with van der Waals surface area (Å²) in [6.45, 7) is 6.63. The predicted molar refractivity (Wildman–Crippen MR) is 121 cm³/mol. The fourth-order valence-corrected chi connectivity index (χ4v) is 3.48. The van der Waals surface area contributed by atoms with E-state index in [0.29, 0.717) is 37.1 Å². The van der Waals surface area contributed by atoms with Gasteiger partial charge < -0.3 is 29.6 Å². The van der Waals surface area contributed by atoms with Crippen LogP contribution in [0, 0.1) is 0 Å². The van der Waals surface area contributed by atoms with Gasteiger partial charge in [0.05, 0.1) is 19.8 Å².